The average molecular weight is 326 g/mol. The van der Waals surface area contributed by atoms with Crippen LogP contribution in [0.4, 0.5) is 0 Å². The minimum absolute atomic E-state index is 0.00939. The molecule has 0 bridgehead atoms. The number of carbonyl (C=O) groups is 1. The van der Waals surface area contributed by atoms with E-state index in [1.54, 1.807) is 7.11 Å². The standard InChI is InChI=1S/C21H26O3/c1-15(22)24-19-13-9-17(10-14-19)21(5,20(2,3)4)16-7-11-18(23-6)12-8-16/h7-14H,1-6H3. The Morgan fingerprint density at radius 2 is 1.21 bits per heavy atom. The van der Waals surface area contributed by atoms with Crippen molar-refractivity contribution in [1.29, 1.82) is 0 Å². The first-order chi connectivity index (χ1) is 11.2. The van der Waals surface area contributed by atoms with Crippen LogP contribution in [-0.2, 0) is 10.2 Å². The van der Waals surface area contributed by atoms with E-state index in [9.17, 15) is 4.79 Å². The number of ether oxygens (including phenoxy) is 2. The van der Waals surface area contributed by atoms with Gasteiger partial charge in [-0.15, -0.1) is 0 Å². The molecule has 0 fully saturated rings. The van der Waals surface area contributed by atoms with Gasteiger partial charge < -0.3 is 9.47 Å². The van der Waals surface area contributed by atoms with Gasteiger partial charge in [0.25, 0.3) is 0 Å². The highest BCUT2D eigenvalue weighted by Gasteiger charge is 2.40. The summed E-state index contributed by atoms with van der Waals surface area (Å²) in [5.74, 6) is 1.11. The van der Waals surface area contributed by atoms with E-state index in [4.69, 9.17) is 9.47 Å². The summed E-state index contributed by atoms with van der Waals surface area (Å²) in [6, 6.07) is 16.0. The Labute approximate surface area is 144 Å². The molecule has 0 saturated heterocycles. The molecule has 0 heterocycles. The van der Waals surface area contributed by atoms with E-state index in [1.807, 2.05) is 36.4 Å². The molecule has 0 aliphatic rings. The Morgan fingerprint density at radius 1 is 0.792 bits per heavy atom. The summed E-state index contributed by atoms with van der Waals surface area (Å²) in [5.41, 5.74) is 2.19. The summed E-state index contributed by atoms with van der Waals surface area (Å²) in [7, 11) is 1.67. The van der Waals surface area contributed by atoms with Crippen LogP contribution < -0.4 is 9.47 Å². The van der Waals surface area contributed by atoms with Crippen LogP contribution in [0.2, 0.25) is 0 Å². The number of carbonyl (C=O) groups excluding carboxylic acids is 1. The molecular formula is C21H26O3. The number of rotatable bonds is 4. The van der Waals surface area contributed by atoms with Gasteiger partial charge in [0.15, 0.2) is 0 Å². The quantitative estimate of drug-likeness (QED) is 0.587. The number of hydrogen-bond donors (Lipinski definition) is 0. The second kappa shape index (κ2) is 6.68. The molecule has 0 spiro atoms. The van der Waals surface area contributed by atoms with E-state index in [2.05, 4.69) is 39.8 Å². The lowest BCUT2D eigenvalue weighted by Crippen LogP contribution is -2.38. The number of hydrogen-bond acceptors (Lipinski definition) is 3. The molecule has 2 aromatic carbocycles. The van der Waals surface area contributed by atoms with Crippen LogP contribution in [0.5, 0.6) is 11.5 Å². The predicted molar refractivity (Wildman–Crippen MR) is 96.7 cm³/mol. The van der Waals surface area contributed by atoms with Crippen LogP contribution >= 0.6 is 0 Å². The van der Waals surface area contributed by atoms with Crippen LogP contribution in [-0.4, -0.2) is 13.1 Å². The predicted octanol–water partition coefficient (Wildman–Crippen LogP) is 4.97. The number of esters is 1. The van der Waals surface area contributed by atoms with E-state index in [0.29, 0.717) is 5.75 Å². The van der Waals surface area contributed by atoms with Crippen molar-refractivity contribution in [2.75, 3.05) is 7.11 Å². The lowest BCUT2D eigenvalue weighted by molar-refractivity contribution is -0.131. The lowest BCUT2D eigenvalue weighted by atomic mass is 9.60. The van der Waals surface area contributed by atoms with Crippen molar-refractivity contribution < 1.29 is 14.3 Å². The van der Waals surface area contributed by atoms with Crippen molar-refractivity contribution in [3.8, 4) is 11.5 Å². The Hall–Kier alpha value is -2.29. The number of methoxy groups -OCH3 is 1. The van der Waals surface area contributed by atoms with Crippen molar-refractivity contribution in [3.63, 3.8) is 0 Å². The maximum absolute atomic E-state index is 11.1. The van der Waals surface area contributed by atoms with Gasteiger partial charge in [-0.25, -0.2) is 0 Å². The fourth-order valence-corrected chi connectivity index (χ4v) is 2.98. The van der Waals surface area contributed by atoms with Gasteiger partial charge in [0, 0.05) is 12.3 Å². The topological polar surface area (TPSA) is 35.5 Å². The SMILES string of the molecule is COc1ccc(C(C)(c2ccc(OC(C)=O)cc2)C(C)(C)C)cc1. The molecule has 0 aliphatic heterocycles. The minimum Gasteiger partial charge on any atom is -0.497 e. The minimum atomic E-state index is -0.309. The molecule has 2 rings (SSSR count). The third-order valence-electron chi connectivity index (χ3n) is 4.86. The summed E-state index contributed by atoms with van der Waals surface area (Å²) >= 11 is 0. The van der Waals surface area contributed by atoms with Gasteiger partial charge in [-0.1, -0.05) is 52.0 Å². The maximum Gasteiger partial charge on any atom is 0.308 e. The molecular weight excluding hydrogens is 300 g/mol. The normalized spacial score (nSPS) is 13.9. The van der Waals surface area contributed by atoms with Crippen molar-refractivity contribution >= 4 is 5.97 Å². The van der Waals surface area contributed by atoms with Crippen LogP contribution in [0.3, 0.4) is 0 Å². The van der Waals surface area contributed by atoms with Crippen molar-refractivity contribution in [2.24, 2.45) is 5.41 Å². The zero-order valence-electron chi connectivity index (χ0n) is 15.3. The zero-order chi connectivity index (χ0) is 18.0. The summed E-state index contributed by atoms with van der Waals surface area (Å²) in [6.45, 7) is 10.4. The summed E-state index contributed by atoms with van der Waals surface area (Å²) < 4.78 is 10.4. The molecule has 1 unspecified atom stereocenters. The molecule has 0 aliphatic carbocycles. The highest BCUT2D eigenvalue weighted by Crippen LogP contribution is 2.47. The molecule has 3 nitrogen and oxygen atoms in total. The smallest absolute Gasteiger partial charge is 0.308 e. The van der Waals surface area contributed by atoms with Gasteiger partial charge in [-0.2, -0.15) is 0 Å². The van der Waals surface area contributed by atoms with Gasteiger partial charge in [-0.05, 0) is 40.8 Å². The van der Waals surface area contributed by atoms with Gasteiger partial charge in [0.2, 0.25) is 0 Å². The van der Waals surface area contributed by atoms with Crippen LogP contribution in [0.25, 0.3) is 0 Å². The fraction of sp³-hybridized carbons (Fsp3) is 0.381. The molecule has 0 amide bonds. The van der Waals surface area contributed by atoms with Crippen LogP contribution in [0.1, 0.15) is 45.7 Å². The van der Waals surface area contributed by atoms with Gasteiger partial charge in [0.05, 0.1) is 7.11 Å². The first kappa shape index (κ1) is 18.1. The van der Waals surface area contributed by atoms with E-state index in [0.717, 1.165) is 5.75 Å². The molecule has 0 saturated carbocycles. The first-order valence-electron chi connectivity index (χ1n) is 8.12. The van der Waals surface area contributed by atoms with Gasteiger partial charge >= 0.3 is 5.97 Å². The highest BCUT2D eigenvalue weighted by atomic mass is 16.5. The van der Waals surface area contributed by atoms with Crippen molar-refractivity contribution in [2.45, 2.75) is 40.0 Å². The van der Waals surface area contributed by atoms with Crippen molar-refractivity contribution in [1.82, 2.24) is 0 Å². The Morgan fingerprint density at radius 3 is 1.54 bits per heavy atom. The van der Waals surface area contributed by atoms with Crippen molar-refractivity contribution in [3.05, 3.63) is 59.7 Å². The Balaban J connectivity index is 2.49. The molecule has 1 atom stereocenters. The maximum atomic E-state index is 11.1. The van der Waals surface area contributed by atoms with E-state index in [1.165, 1.54) is 18.1 Å². The van der Waals surface area contributed by atoms with Gasteiger partial charge in [0.1, 0.15) is 11.5 Å². The molecule has 0 N–H and O–H groups in total. The lowest BCUT2D eigenvalue weighted by Gasteiger charge is -2.43. The molecule has 2 aromatic rings. The summed E-state index contributed by atoms with van der Waals surface area (Å²) in [4.78, 5) is 11.1. The first-order valence-corrected chi connectivity index (χ1v) is 8.12. The second-order valence-electron chi connectivity index (χ2n) is 7.22. The summed E-state index contributed by atoms with van der Waals surface area (Å²) in [5, 5.41) is 0. The third kappa shape index (κ3) is 3.45. The molecule has 128 valence electrons. The summed E-state index contributed by atoms with van der Waals surface area (Å²) in [6.07, 6.45) is 0. The fourth-order valence-electron chi connectivity index (χ4n) is 2.98. The molecule has 0 aromatic heterocycles. The average Bonchev–Trinajstić information content (AvgIpc) is 2.53. The largest absolute Gasteiger partial charge is 0.497 e. The van der Waals surface area contributed by atoms with E-state index in [-0.39, 0.29) is 16.8 Å². The van der Waals surface area contributed by atoms with E-state index < -0.39 is 0 Å². The van der Waals surface area contributed by atoms with Crippen LogP contribution in [0.15, 0.2) is 48.5 Å². The highest BCUT2D eigenvalue weighted by molar-refractivity contribution is 5.69. The van der Waals surface area contributed by atoms with E-state index >= 15 is 0 Å². The third-order valence-corrected chi connectivity index (χ3v) is 4.86. The molecule has 3 heteroatoms. The molecule has 0 radical (unpaired) electrons. The Bertz CT molecular complexity index is 693. The Kier molecular flexibility index (Phi) is 5.02. The monoisotopic (exact) mass is 326 g/mol. The molecule has 24 heavy (non-hydrogen) atoms. The van der Waals surface area contributed by atoms with Crippen LogP contribution in [0, 0.1) is 5.41 Å². The zero-order valence-corrected chi connectivity index (χ0v) is 15.3. The van der Waals surface area contributed by atoms with Gasteiger partial charge in [-0.3, -0.25) is 4.79 Å². The second-order valence-corrected chi connectivity index (χ2v) is 7.22. The number of benzene rings is 2.